The highest BCUT2D eigenvalue weighted by molar-refractivity contribution is 5.68. The summed E-state index contributed by atoms with van der Waals surface area (Å²) in [6.07, 6.45) is 0.152. The van der Waals surface area contributed by atoms with Gasteiger partial charge in [-0.2, -0.15) is 0 Å². The minimum absolute atomic E-state index is 0.473. The molecule has 0 bridgehead atoms. The van der Waals surface area contributed by atoms with Crippen LogP contribution in [-0.2, 0) is 22.4 Å². The number of hydrogen-bond acceptors (Lipinski definition) is 8. The van der Waals surface area contributed by atoms with Crippen molar-refractivity contribution in [1.29, 1.82) is 0 Å². The second-order valence-corrected chi connectivity index (χ2v) is 9.81. The van der Waals surface area contributed by atoms with E-state index >= 15 is 0 Å². The van der Waals surface area contributed by atoms with E-state index in [1.165, 1.54) is 0 Å². The van der Waals surface area contributed by atoms with Crippen molar-refractivity contribution in [3.63, 3.8) is 0 Å². The average Bonchev–Trinajstić information content (AvgIpc) is 3.37. The van der Waals surface area contributed by atoms with Gasteiger partial charge in [-0.25, -0.2) is 0 Å². The molecule has 1 N–H and O–H groups in total. The molecule has 8 nitrogen and oxygen atoms in total. The van der Waals surface area contributed by atoms with Gasteiger partial charge in [-0.1, -0.05) is 65.8 Å². The number of hydrogen-bond donors (Lipinski definition) is 1. The molecule has 0 unspecified atom stereocenters. The van der Waals surface area contributed by atoms with Gasteiger partial charge in [0.1, 0.15) is 5.69 Å². The maximum absolute atomic E-state index is 11.1. The van der Waals surface area contributed by atoms with Crippen molar-refractivity contribution in [1.82, 2.24) is 15.0 Å². The van der Waals surface area contributed by atoms with Crippen molar-refractivity contribution in [2.24, 2.45) is 0 Å². The Bertz CT molecular complexity index is 1070. The van der Waals surface area contributed by atoms with Gasteiger partial charge in [0.2, 0.25) is 5.88 Å². The lowest BCUT2D eigenvalue weighted by atomic mass is 10.1. The molecule has 2 saturated heterocycles. The van der Waals surface area contributed by atoms with E-state index in [-0.39, 0.29) is 0 Å². The first-order chi connectivity index (χ1) is 18.3. The lowest BCUT2D eigenvalue weighted by molar-refractivity contribution is 0.0292. The molecular weight excluding hydrogens is 468 g/mol. The normalized spacial score (nSPS) is 17.8. The minimum Gasteiger partial charge on any atom is -0.391 e. The molecular formula is C29H38N4O4. The Morgan fingerprint density at radius 2 is 1.51 bits per heavy atom. The van der Waals surface area contributed by atoms with Crippen LogP contribution in [-0.4, -0.2) is 98.4 Å². The Balaban J connectivity index is 1.38. The SMILES string of the molecule is O[C@H](Cc1ccccc1)CN(CCN1CCOCC1)Cc1c(-c2ccccc2)noc1N1CCOCC1. The Labute approximate surface area is 219 Å². The van der Waals surface area contributed by atoms with E-state index in [0.717, 1.165) is 80.8 Å². The van der Waals surface area contributed by atoms with Gasteiger partial charge < -0.3 is 24.0 Å². The standard InChI is InChI=1S/C29H38N4O4/c34-26(21-24-7-3-1-4-8-24)22-32(12-11-31-13-17-35-18-14-31)23-27-28(25-9-5-2-6-10-25)30-37-29(27)33-15-19-36-20-16-33/h1-10,26,34H,11-23H2/t26-/m1/s1. The molecule has 3 heterocycles. The van der Waals surface area contributed by atoms with Crippen molar-refractivity contribution < 1.29 is 19.1 Å². The summed E-state index contributed by atoms with van der Waals surface area (Å²) >= 11 is 0. The van der Waals surface area contributed by atoms with E-state index in [1.54, 1.807) is 0 Å². The van der Waals surface area contributed by atoms with Crippen LogP contribution in [0.5, 0.6) is 0 Å². The lowest BCUT2D eigenvalue weighted by Crippen LogP contribution is -2.43. The van der Waals surface area contributed by atoms with Crippen molar-refractivity contribution in [3.05, 3.63) is 71.8 Å². The molecule has 3 aromatic rings. The molecule has 0 saturated carbocycles. The fourth-order valence-electron chi connectivity index (χ4n) is 5.10. The van der Waals surface area contributed by atoms with Crippen LogP contribution in [0.25, 0.3) is 11.3 Å². The smallest absolute Gasteiger partial charge is 0.232 e. The number of ether oxygens (including phenoxy) is 2. The van der Waals surface area contributed by atoms with Crippen LogP contribution >= 0.6 is 0 Å². The zero-order valence-electron chi connectivity index (χ0n) is 21.5. The average molecular weight is 507 g/mol. The Hall–Kier alpha value is -2.75. The van der Waals surface area contributed by atoms with Crippen molar-refractivity contribution in [2.45, 2.75) is 19.1 Å². The summed E-state index contributed by atoms with van der Waals surface area (Å²) in [5, 5.41) is 15.6. The first-order valence-corrected chi connectivity index (χ1v) is 13.4. The predicted molar refractivity (Wildman–Crippen MR) is 144 cm³/mol. The molecule has 2 aliphatic heterocycles. The first-order valence-electron chi connectivity index (χ1n) is 13.4. The third kappa shape index (κ3) is 7.18. The molecule has 5 rings (SSSR count). The Morgan fingerprint density at radius 1 is 0.865 bits per heavy atom. The van der Waals surface area contributed by atoms with Crippen LogP contribution in [0.1, 0.15) is 11.1 Å². The Morgan fingerprint density at radius 3 is 2.22 bits per heavy atom. The van der Waals surface area contributed by atoms with Crippen molar-refractivity contribution in [2.75, 3.05) is 77.1 Å². The van der Waals surface area contributed by atoms with Crippen LogP contribution < -0.4 is 4.90 Å². The van der Waals surface area contributed by atoms with E-state index in [1.807, 2.05) is 36.4 Å². The third-order valence-electron chi connectivity index (χ3n) is 7.11. The van der Waals surface area contributed by atoms with Crippen LogP contribution in [0.2, 0.25) is 0 Å². The second kappa shape index (κ2) is 13.2. The topological polar surface area (TPSA) is 74.4 Å². The van der Waals surface area contributed by atoms with Crippen LogP contribution in [0.3, 0.4) is 0 Å². The molecule has 2 fully saturated rings. The summed E-state index contributed by atoms with van der Waals surface area (Å²) < 4.78 is 17.1. The summed E-state index contributed by atoms with van der Waals surface area (Å²) in [5.41, 5.74) is 4.13. The van der Waals surface area contributed by atoms with Gasteiger partial charge in [0.25, 0.3) is 0 Å². The van der Waals surface area contributed by atoms with Gasteiger partial charge in [0, 0.05) is 57.9 Å². The first kappa shape index (κ1) is 25.9. The molecule has 0 amide bonds. The largest absolute Gasteiger partial charge is 0.391 e. The molecule has 1 aromatic heterocycles. The summed E-state index contributed by atoms with van der Waals surface area (Å²) in [5.74, 6) is 0.816. The zero-order chi connectivity index (χ0) is 25.3. The highest BCUT2D eigenvalue weighted by Gasteiger charge is 2.27. The van der Waals surface area contributed by atoms with Crippen LogP contribution in [0, 0.1) is 0 Å². The maximum Gasteiger partial charge on any atom is 0.232 e. The number of aliphatic hydroxyl groups is 1. The number of aliphatic hydroxyl groups excluding tert-OH is 1. The number of anilines is 1. The van der Waals surface area contributed by atoms with E-state index in [2.05, 4.69) is 44.1 Å². The van der Waals surface area contributed by atoms with E-state index in [4.69, 9.17) is 14.0 Å². The molecule has 198 valence electrons. The van der Waals surface area contributed by atoms with Gasteiger partial charge in [-0.05, 0) is 12.0 Å². The van der Waals surface area contributed by atoms with E-state index < -0.39 is 6.10 Å². The zero-order valence-corrected chi connectivity index (χ0v) is 21.5. The molecule has 0 aliphatic carbocycles. The summed E-state index contributed by atoms with van der Waals surface area (Å²) in [4.78, 5) is 7.03. The summed E-state index contributed by atoms with van der Waals surface area (Å²) in [6.45, 7) is 9.36. The number of rotatable bonds is 11. The Kier molecular flexibility index (Phi) is 9.21. The highest BCUT2D eigenvalue weighted by Crippen LogP contribution is 2.33. The van der Waals surface area contributed by atoms with Crippen molar-refractivity contribution >= 4 is 5.88 Å². The molecule has 8 heteroatoms. The van der Waals surface area contributed by atoms with E-state index in [9.17, 15) is 5.11 Å². The van der Waals surface area contributed by atoms with Gasteiger partial charge in [0.15, 0.2) is 0 Å². The predicted octanol–water partition coefficient (Wildman–Crippen LogP) is 2.92. The highest BCUT2D eigenvalue weighted by atomic mass is 16.5. The quantitative estimate of drug-likeness (QED) is 0.426. The lowest BCUT2D eigenvalue weighted by Gasteiger charge is -2.32. The van der Waals surface area contributed by atoms with Crippen LogP contribution in [0.4, 0.5) is 5.88 Å². The van der Waals surface area contributed by atoms with Crippen molar-refractivity contribution in [3.8, 4) is 11.3 Å². The number of aromatic nitrogens is 1. The molecule has 2 aliphatic rings. The monoisotopic (exact) mass is 506 g/mol. The van der Waals surface area contributed by atoms with Gasteiger partial charge in [-0.3, -0.25) is 9.80 Å². The number of benzene rings is 2. The molecule has 2 aromatic carbocycles. The molecule has 37 heavy (non-hydrogen) atoms. The van der Waals surface area contributed by atoms with Gasteiger partial charge >= 0.3 is 0 Å². The fourth-order valence-corrected chi connectivity index (χ4v) is 5.10. The third-order valence-corrected chi connectivity index (χ3v) is 7.11. The maximum atomic E-state index is 11.1. The molecule has 0 radical (unpaired) electrons. The van der Waals surface area contributed by atoms with Gasteiger partial charge in [-0.15, -0.1) is 0 Å². The number of morpholine rings is 2. The summed E-state index contributed by atoms with van der Waals surface area (Å²) in [7, 11) is 0. The van der Waals surface area contributed by atoms with Gasteiger partial charge in [0.05, 0.1) is 38.1 Å². The van der Waals surface area contributed by atoms with Crippen LogP contribution in [0.15, 0.2) is 65.2 Å². The molecule has 1 atom stereocenters. The molecule has 0 spiro atoms. The fraction of sp³-hybridized carbons (Fsp3) is 0.483. The van der Waals surface area contributed by atoms with E-state index in [0.29, 0.717) is 32.7 Å². The second-order valence-electron chi connectivity index (χ2n) is 9.81. The summed E-state index contributed by atoms with van der Waals surface area (Å²) in [6, 6.07) is 20.4. The minimum atomic E-state index is -0.473. The number of nitrogens with zero attached hydrogens (tertiary/aromatic N) is 4.